The van der Waals surface area contributed by atoms with Crippen LogP contribution in [-0.2, 0) is 5.75 Å². The normalized spacial score (nSPS) is 10.4. The summed E-state index contributed by atoms with van der Waals surface area (Å²) in [6, 6.07) is 6.28. The number of benzene rings is 1. The van der Waals surface area contributed by atoms with E-state index in [1.165, 1.54) is 6.07 Å². The lowest BCUT2D eigenvalue weighted by molar-refractivity contribution is 0.391. The maximum absolute atomic E-state index is 13.2. The molecule has 0 radical (unpaired) electrons. The number of hydrogen-bond acceptors (Lipinski definition) is 4. The molecule has 0 unspecified atom stereocenters. The van der Waals surface area contributed by atoms with Crippen LogP contribution in [0.15, 0.2) is 28.8 Å². The van der Waals surface area contributed by atoms with Crippen molar-refractivity contribution in [2.45, 2.75) is 5.75 Å². The highest BCUT2D eigenvalue weighted by molar-refractivity contribution is 7.79. The fraction of sp³-hybridized carbons (Fsp3) is 0.111. The molecule has 0 saturated heterocycles. The summed E-state index contributed by atoms with van der Waals surface area (Å²) in [7, 11) is 0. The molecule has 2 aromatic rings. The first-order chi connectivity index (χ1) is 6.81. The Labute approximate surface area is 85.4 Å². The number of aromatic nitrogens is 2. The predicted molar refractivity (Wildman–Crippen MR) is 52.4 cm³/mol. The summed E-state index contributed by atoms with van der Waals surface area (Å²) in [6.45, 7) is 0. The molecule has 0 aliphatic carbocycles. The van der Waals surface area contributed by atoms with Gasteiger partial charge < -0.3 is 4.52 Å². The maximum atomic E-state index is 13.2. The van der Waals surface area contributed by atoms with E-state index in [9.17, 15) is 4.39 Å². The van der Waals surface area contributed by atoms with Crippen molar-refractivity contribution in [2.24, 2.45) is 0 Å². The Bertz CT molecular complexity index is 444. The molecule has 0 aliphatic heterocycles. The Hall–Kier alpha value is -1.36. The largest absolute Gasteiger partial charge is 0.338 e. The summed E-state index contributed by atoms with van der Waals surface area (Å²) in [5.74, 6) is 0.624. The molecule has 0 bridgehead atoms. The van der Waals surface area contributed by atoms with E-state index < -0.39 is 0 Å². The van der Waals surface area contributed by atoms with E-state index in [4.69, 9.17) is 4.52 Å². The zero-order valence-electron chi connectivity index (χ0n) is 7.14. The first-order valence-corrected chi connectivity index (χ1v) is 4.63. The van der Waals surface area contributed by atoms with E-state index >= 15 is 0 Å². The molecule has 5 heteroatoms. The van der Waals surface area contributed by atoms with Gasteiger partial charge in [0.05, 0.1) is 11.3 Å². The number of thiol groups is 1. The topological polar surface area (TPSA) is 38.9 Å². The zero-order chi connectivity index (χ0) is 9.97. The molecular formula is C9H7FN2OS. The Morgan fingerprint density at radius 3 is 2.79 bits per heavy atom. The van der Waals surface area contributed by atoms with Gasteiger partial charge in [-0.1, -0.05) is 17.3 Å². The van der Waals surface area contributed by atoms with Crippen molar-refractivity contribution in [3.8, 4) is 11.4 Å². The minimum atomic E-state index is -0.362. The molecule has 0 saturated carbocycles. The first kappa shape index (κ1) is 9.21. The van der Waals surface area contributed by atoms with E-state index in [1.54, 1.807) is 18.2 Å². The van der Waals surface area contributed by atoms with Crippen LogP contribution in [0.2, 0.25) is 0 Å². The molecule has 2 rings (SSSR count). The van der Waals surface area contributed by atoms with Crippen LogP contribution in [0.3, 0.4) is 0 Å². The van der Waals surface area contributed by atoms with Crippen LogP contribution in [0.4, 0.5) is 4.39 Å². The fourth-order valence-electron chi connectivity index (χ4n) is 1.07. The Kier molecular flexibility index (Phi) is 2.49. The number of rotatable bonds is 2. The van der Waals surface area contributed by atoms with Crippen molar-refractivity contribution in [3.63, 3.8) is 0 Å². The molecule has 1 heterocycles. The second-order valence-electron chi connectivity index (χ2n) is 2.65. The average Bonchev–Trinajstić information content (AvgIpc) is 2.67. The van der Waals surface area contributed by atoms with Crippen molar-refractivity contribution < 1.29 is 8.91 Å². The molecule has 3 nitrogen and oxygen atoms in total. The second-order valence-corrected chi connectivity index (χ2v) is 2.97. The van der Waals surface area contributed by atoms with Gasteiger partial charge in [-0.05, 0) is 12.1 Å². The number of nitrogens with zero attached hydrogens (tertiary/aromatic N) is 2. The summed E-state index contributed by atoms with van der Waals surface area (Å²) < 4.78 is 18.1. The Morgan fingerprint density at radius 1 is 1.36 bits per heavy atom. The van der Waals surface area contributed by atoms with Gasteiger partial charge in [-0.25, -0.2) is 4.39 Å². The Balaban J connectivity index is 2.44. The maximum Gasteiger partial charge on any atom is 0.236 e. The van der Waals surface area contributed by atoms with Crippen LogP contribution in [0.1, 0.15) is 5.89 Å². The average molecular weight is 210 g/mol. The molecule has 0 N–H and O–H groups in total. The minimum absolute atomic E-state index is 0.257. The smallest absolute Gasteiger partial charge is 0.236 e. The quantitative estimate of drug-likeness (QED) is 0.773. The van der Waals surface area contributed by atoms with Gasteiger partial charge in [0.1, 0.15) is 5.82 Å². The van der Waals surface area contributed by atoms with Crippen molar-refractivity contribution in [3.05, 3.63) is 36.0 Å². The fourth-order valence-corrected chi connectivity index (χ4v) is 1.20. The van der Waals surface area contributed by atoms with Crippen molar-refractivity contribution in [1.82, 2.24) is 10.1 Å². The molecule has 1 aromatic carbocycles. The predicted octanol–water partition coefficient (Wildman–Crippen LogP) is 2.31. The van der Waals surface area contributed by atoms with Gasteiger partial charge >= 0.3 is 0 Å². The third-order valence-corrected chi connectivity index (χ3v) is 1.99. The molecule has 1 aromatic heterocycles. The van der Waals surface area contributed by atoms with Crippen LogP contribution in [0, 0.1) is 5.82 Å². The third kappa shape index (κ3) is 1.63. The van der Waals surface area contributed by atoms with E-state index in [2.05, 4.69) is 22.8 Å². The van der Waals surface area contributed by atoms with Gasteiger partial charge in [0.25, 0.3) is 0 Å². The minimum Gasteiger partial charge on any atom is -0.338 e. The highest BCUT2D eigenvalue weighted by Gasteiger charge is 2.10. The standard InChI is InChI=1S/C9H7FN2OS/c10-7-4-2-1-3-6(7)9-11-8(5-14)13-12-9/h1-4,14H,5H2. The number of halogens is 1. The lowest BCUT2D eigenvalue weighted by Crippen LogP contribution is -1.85. The molecule has 0 amide bonds. The zero-order valence-corrected chi connectivity index (χ0v) is 8.04. The van der Waals surface area contributed by atoms with Gasteiger partial charge in [0.2, 0.25) is 11.7 Å². The van der Waals surface area contributed by atoms with E-state index in [1.807, 2.05) is 0 Å². The van der Waals surface area contributed by atoms with Gasteiger partial charge in [-0.3, -0.25) is 0 Å². The SMILES string of the molecule is Fc1ccccc1-c1noc(CS)n1. The lowest BCUT2D eigenvalue weighted by atomic mass is 10.2. The van der Waals surface area contributed by atoms with Crippen LogP contribution >= 0.6 is 12.6 Å². The Morgan fingerprint density at radius 2 is 2.14 bits per heavy atom. The lowest BCUT2D eigenvalue weighted by Gasteiger charge is -1.94. The molecular weight excluding hydrogens is 203 g/mol. The van der Waals surface area contributed by atoms with E-state index in [0.717, 1.165) is 0 Å². The summed E-state index contributed by atoms with van der Waals surface area (Å²) in [4.78, 5) is 3.97. The van der Waals surface area contributed by atoms with E-state index in [0.29, 0.717) is 17.2 Å². The second kappa shape index (κ2) is 3.79. The van der Waals surface area contributed by atoms with Crippen LogP contribution in [0.25, 0.3) is 11.4 Å². The highest BCUT2D eigenvalue weighted by atomic mass is 32.1. The van der Waals surface area contributed by atoms with Crippen molar-refractivity contribution >= 4 is 12.6 Å². The molecule has 0 aliphatic rings. The molecule has 0 atom stereocenters. The summed E-state index contributed by atoms with van der Waals surface area (Å²) in [5, 5.41) is 3.64. The third-order valence-electron chi connectivity index (χ3n) is 1.72. The first-order valence-electron chi connectivity index (χ1n) is 3.99. The molecule has 0 fully saturated rings. The molecule has 72 valence electrons. The van der Waals surface area contributed by atoms with Crippen LogP contribution in [-0.4, -0.2) is 10.1 Å². The van der Waals surface area contributed by atoms with Gasteiger partial charge in [0, 0.05) is 0 Å². The van der Waals surface area contributed by atoms with Crippen LogP contribution in [0.5, 0.6) is 0 Å². The molecule has 14 heavy (non-hydrogen) atoms. The molecule has 0 spiro atoms. The van der Waals surface area contributed by atoms with Gasteiger partial charge in [-0.15, -0.1) is 0 Å². The van der Waals surface area contributed by atoms with Crippen molar-refractivity contribution in [2.75, 3.05) is 0 Å². The summed E-state index contributed by atoms with van der Waals surface area (Å²) >= 11 is 3.97. The monoisotopic (exact) mass is 210 g/mol. The number of hydrogen-bond donors (Lipinski definition) is 1. The van der Waals surface area contributed by atoms with Crippen LogP contribution < -0.4 is 0 Å². The highest BCUT2D eigenvalue weighted by Crippen LogP contribution is 2.19. The van der Waals surface area contributed by atoms with Gasteiger partial charge in [-0.2, -0.15) is 17.6 Å². The summed E-state index contributed by atoms with van der Waals surface area (Å²) in [5.41, 5.74) is 0.337. The summed E-state index contributed by atoms with van der Waals surface area (Å²) in [6.07, 6.45) is 0. The van der Waals surface area contributed by atoms with Gasteiger partial charge in [0.15, 0.2) is 0 Å². The van der Waals surface area contributed by atoms with Crippen molar-refractivity contribution in [1.29, 1.82) is 0 Å². The van der Waals surface area contributed by atoms with E-state index in [-0.39, 0.29) is 11.6 Å².